The topological polar surface area (TPSA) is 183 Å². The van der Waals surface area contributed by atoms with E-state index in [1.54, 1.807) is 30.4 Å². The zero-order valence-electron chi connectivity index (χ0n) is 18.3. The molecule has 6 N–H and O–H groups in total. The number of fused-ring (bicyclic) bond motifs is 2. The Balaban J connectivity index is 1.66. The van der Waals surface area contributed by atoms with Crippen molar-refractivity contribution in [2.45, 2.75) is 12.5 Å². The lowest BCUT2D eigenvalue weighted by Gasteiger charge is -2.39. The number of carbonyl (C=O) groups is 3. The van der Waals surface area contributed by atoms with Gasteiger partial charge in [-0.1, -0.05) is 24.3 Å². The quantitative estimate of drug-likeness (QED) is 0.495. The summed E-state index contributed by atoms with van der Waals surface area (Å²) in [6.45, 7) is -0.0278. The third-order valence-electron chi connectivity index (χ3n) is 5.94. The fourth-order valence-electron chi connectivity index (χ4n) is 4.47. The van der Waals surface area contributed by atoms with Crippen LogP contribution in [-0.4, -0.2) is 50.2 Å². The second kappa shape index (κ2) is 8.52. The summed E-state index contributed by atoms with van der Waals surface area (Å²) in [4.78, 5) is 48.7. The van der Waals surface area contributed by atoms with Crippen molar-refractivity contribution in [3.8, 4) is 0 Å². The molecule has 11 nitrogen and oxygen atoms in total. The van der Waals surface area contributed by atoms with Crippen molar-refractivity contribution in [1.82, 2.24) is 15.0 Å². The van der Waals surface area contributed by atoms with Crippen molar-refractivity contribution in [2.75, 3.05) is 23.3 Å². The summed E-state index contributed by atoms with van der Waals surface area (Å²) in [5, 5.41) is 12.7. The van der Waals surface area contributed by atoms with E-state index >= 15 is 0 Å². The fraction of sp³-hybridized carbons (Fsp3) is 0.167. The zero-order chi connectivity index (χ0) is 24.7. The molecule has 0 fully saturated rings. The number of carboxylic acids is 1. The Morgan fingerprint density at radius 3 is 2.57 bits per heavy atom. The summed E-state index contributed by atoms with van der Waals surface area (Å²) in [7, 11) is 0. The highest BCUT2D eigenvalue weighted by Crippen LogP contribution is 2.46. The summed E-state index contributed by atoms with van der Waals surface area (Å²) < 4.78 is 6.22. The van der Waals surface area contributed by atoms with Gasteiger partial charge in [0.15, 0.2) is 11.6 Å². The third kappa shape index (κ3) is 4.03. The molecule has 0 saturated heterocycles. The molecule has 1 aromatic heterocycles. The van der Waals surface area contributed by atoms with Gasteiger partial charge >= 0.3 is 5.97 Å². The second-order valence-electron chi connectivity index (χ2n) is 8.12. The molecule has 2 aliphatic carbocycles. The number of ketones is 2. The van der Waals surface area contributed by atoms with Crippen LogP contribution in [0.15, 0.2) is 65.5 Å². The smallest absolute Gasteiger partial charge is 0.336 e. The van der Waals surface area contributed by atoms with Crippen molar-refractivity contribution >= 4 is 41.0 Å². The number of rotatable bonds is 5. The lowest BCUT2D eigenvalue weighted by atomic mass is 9.75. The van der Waals surface area contributed by atoms with Crippen molar-refractivity contribution in [2.24, 2.45) is 5.92 Å². The maximum atomic E-state index is 12.9. The highest BCUT2D eigenvalue weighted by molar-refractivity contribution is 6.09. The molecule has 0 radical (unpaired) electrons. The van der Waals surface area contributed by atoms with Crippen LogP contribution in [0.5, 0.6) is 0 Å². The molecule has 1 aromatic carbocycles. The van der Waals surface area contributed by atoms with Crippen LogP contribution in [0.2, 0.25) is 0 Å². The number of hydrogen-bond acceptors (Lipinski definition) is 10. The molecule has 5 rings (SSSR count). The number of hydrogen-bond donors (Lipinski definition) is 4. The number of ether oxygens (including phenoxy) is 1. The first kappa shape index (κ1) is 22.0. The summed E-state index contributed by atoms with van der Waals surface area (Å²) in [6, 6.07) is 6.63. The van der Waals surface area contributed by atoms with Crippen LogP contribution < -0.4 is 16.8 Å². The number of carboxylic acid groups (broad SMARTS) is 1. The number of nitrogen functional groups attached to an aromatic ring is 2. The van der Waals surface area contributed by atoms with Gasteiger partial charge < -0.3 is 26.6 Å². The van der Waals surface area contributed by atoms with E-state index in [1.165, 1.54) is 18.2 Å². The van der Waals surface area contributed by atoms with E-state index in [0.717, 1.165) is 0 Å². The van der Waals surface area contributed by atoms with E-state index in [-0.39, 0.29) is 65.2 Å². The second-order valence-corrected chi connectivity index (χ2v) is 8.12. The predicted octanol–water partition coefficient (Wildman–Crippen LogP) is 1.54. The van der Waals surface area contributed by atoms with Gasteiger partial charge in [-0.3, -0.25) is 9.59 Å². The van der Waals surface area contributed by atoms with E-state index in [9.17, 15) is 19.5 Å². The van der Waals surface area contributed by atoms with Gasteiger partial charge in [-0.15, -0.1) is 0 Å². The number of benzene rings is 1. The van der Waals surface area contributed by atoms with Crippen LogP contribution >= 0.6 is 0 Å². The Hall–Kier alpha value is -4.80. The van der Waals surface area contributed by atoms with E-state index in [0.29, 0.717) is 16.7 Å². The number of nitrogens with two attached hydrogens (primary N) is 2. The standard InChI is InChI=1S/C24H20N6O5/c25-22-28-23(26)30-24(29-22)27-10-16-17(32)8-7-15-19(12-3-1-2-4-13(12)21(33)34)14-6-5-11(31)9-18(14)35-20(15)16/h1-8,14,18H,9-10H2,(H,33,34)(H5,25,26,27,28,29,30). The molecule has 0 bridgehead atoms. The van der Waals surface area contributed by atoms with Crippen molar-refractivity contribution in [3.05, 3.63) is 76.6 Å². The first-order valence-corrected chi connectivity index (χ1v) is 10.7. The molecular formula is C24H20N6O5. The molecule has 2 atom stereocenters. The lowest BCUT2D eigenvalue weighted by Crippen LogP contribution is -2.36. The molecular weight excluding hydrogens is 452 g/mol. The Kier molecular flexibility index (Phi) is 5.36. The Labute approximate surface area is 198 Å². The first-order valence-electron chi connectivity index (χ1n) is 10.7. The molecule has 2 heterocycles. The summed E-state index contributed by atoms with van der Waals surface area (Å²) in [5.74, 6) is -1.68. The monoisotopic (exact) mass is 472 g/mol. The Morgan fingerprint density at radius 1 is 1.09 bits per heavy atom. The van der Waals surface area contributed by atoms with E-state index in [4.69, 9.17) is 16.2 Å². The van der Waals surface area contributed by atoms with Crippen molar-refractivity contribution in [3.63, 3.8) is 0 Å². The van der Waals surface area contributed by atoms with E-state index in [1.807, 2.05) is 0 Å². The number of anilines is 3. The molecule has 176 valence electrons. The van der Waals surface area contributed by atoms with Crippen LogP contribution in [0.25, 0.3) is 5.57 Å². The SMILES string of the molecule is Nc1nc(N)nc(NCC2=C3OC4CC(=O)C=CC4C(c4ccccc4C(=O)O)=C3C=CC2=O)n1. The third-order valence-corrected chi connectivity index (χ3v) is 5.94. The molecule has 3 aliphatic rings. The van der Waals surface area contributed by atoms with Gasteiger partial charge in [-0.2, -0.15) is 15.0 Å². The molecule has 11 heteroatoms. The highest BCUT2D eigenvalue weighted by atomic mass is 16.5. The van der Waals surface area contributed by atoms with Crippen LogP contribution in [-0.2, 0) is 14.3 Å². The highest BCUT2D eigenvalue weighted by Gasteiger charge is 2.40. The minimum absolute atomic E-state index is 0.0278. The molecule has 0 spiro atoms. The van der Waals surface area contributed by atoms with Gasteiger partial charge in [0.2, 0.25) is 17.8 Å². The Bertz CT molecular complexity index is 1390. The van der Waals surface area contributed by atoms with Crippen LogP contribution in [0.4, 0.5) is 17.8 Å². The number of allylic oxidation sites excluding steroid dienone is 3. The molecule has 35 heavy (non-hydrogen) atoms. The summed E-state index contributed by atoms with van der Waals surface area (Å²) in [5.41, 5.74) is 13.4. The Morgan fingerprint density at radius 2 is 1.83 bits per heavy atom. The fourth-order valence-corrected chi connectivity index (χ4v) is 4.47. The van der Waals surface area contributed by atoms with Gasteiger partial charge in [0.25, 0.3) is 0 Å². The van der Waals surface area contributed by atoms with Crippen molar-refractivity contribution < 1.29 is 24.2 Å². The number of carbonyl (C=O) groups excluding carboxylic acids is 2. The maximum Gasteiger partial charge on any atom is 0.336 e. The minimum atomic E-state index is -1.08. The van der Waals surface area contributed by atoms with Crippen LogP contribution in [0, 0.1) is 5.92 Å². The van der Waals surface area contributed by atoms with Gasteiger partial charge in [0.05, 0.1) is 17.7 Å². The van der Waals surface area contributed by atoms with Gasteiger partial charge in [-0.05, 0) is 35.4 Å². The number of aromatic carboxylic acids is 1. The lowest BCUT2D eigenvalue weighted by molar-refractivity contribution is -0.117. The van der Waals surface area contributed by atoms with Gasteiger partial charge in [0.1, 0.15) is 11.9 Å². The largest absolute Gasteiger partial charge is 0.488 e. The zero-order valence-corrected chi connectivity index (χ0v) is 18.3. The average Bonchev–Trinajstić information content (AvgIpc) is 2.81. The van der Waals surface area contributed by atoms with Gasteiger partial charge in [0, 0.05) is 17.9 Å². The normalized spacial score (nSPS) is 20.9. The predicted molar refractivity (Wildman–Crippen MR) is 126 cm³/mol. The van der Waals surface area contributed by atoms with Crippen LogP contribution in [0.1, 0.15) is 22.3 Å². The number of nitrogens with one attached hydrogen (secondary N) is 1. The van der Waals surface area contributed by atoms with Crippen molar-refractivity contribution in [1.29, 1.82) is 0 Å². The molecule has 0 saturated carbocycles. The summed E-state index contributed by atoms with van der Waals surface area (Å²) >= 11 is 0. The molecule has 2 aromatic rings. The molecule has 2 unspecified atom stereocenters. The maximum absolute atomic E-state index is 12.9. The van der Waals surface area contributed by atoms with E-state index < -0.39 is 12.1 Å². The first-order chi connectivity index (χ1) is 16.8. The number of aromatic nitrogens is 3. The van der Waals surface area contributed by atoms with E-state index in [2.05, 4.69) is 20.3 Å². The average molecular weight is 472 g/mol. The molecule has 1 aliphatic heterocycles. The molecule has 0 amide bonds. The van der Waals surface area contributed by atoms with Gasteiger partial charge in [-0.25, -0.2) is 4.79 Å². The minimum Gasteiger partial charge on any atom is -0.488 e. The summed E-state index contributed by atoms with van der Waals surface area (Å²) in [6.07, 6.45) is 5.73. The number of nitrogens with zero attached hydrogens (tertiary/aromatic N) is 3. The van der Waals surface area contributed by atoms with Crippen LogP contribution in [0.3, 0.4) is 0 Å².